The summed E-state index contributed by atoms with van der Waals surface area (Å²) in [5, 5.41) is 9.38. The Labute approximate surface area is 280 Å². The van der Waals surface area contributed by atoms with Gasteiger partial charge in [0.1, 0.15) is 18.1 Å². The zero-order chi connectivity index (χ0) is 36.2. The minimum atomic E-state index is -0.969. The van der Waals surface area contributed by atoms with Crippen molar-refractivity contribution in [3.05, 3.63) is 50.0 Å². The van der Waals surface area contributed by atoms with Crippen LogP contribution in [0.3, 0.4) is 0 Å². The van der Waals surface area contributed by atoms with Crippen molar-refractivity contribution in [2.75, 3.05) is 46.8 Å². The molecule has 4 heterocycles. The van der Waals surface area contributed by atoms with Crippen molar-refractivity contribution in [1.82, 2.24) is 0 Å². The molecule has 0 saturated carbocycles. The second kappa shape index (κ2) is 17.6. The molecule has 15 heteroatoms. The van der Waals surface area contributed by atoms with E-state index >= 15 is 0 Å². The molecule has 0 amide bonds. The van der Waals surface area contributed by atoms with Gasteiger partial charge in [0.2, 0.25) is 0 Å². The van der Waals surface area contributed by atoms with Gasteiger partial charge in [0, 0.05) is 30.4 Å². The van der Waals surface area contributed by atoms with Crippen molar-refractivity contribution < 1.29 is 71.7 Å². The number of hydrogen-bond donors (Lipinski definition) is 1. The summed E-state index contributed by atoms with van der Waals surface area (Å²) in [6.07, 6.45) is 1.77. The SMILES string of the molecule is C=C1OC(=O)OC1(C)CC1OCC(CC)(CO)CO1.C=CC(=O)OC.C=CC(=O)OCC1(CC)COC(CC2(C)OC(=O)OC2=C)OC1. The third-order valence-corrected chi connectivity index (χ3v) is 8.51. The lowest BCUT2D eigenvalue weighted by molar-refractivity contribution is -0.249. The van der Waals surface area contributed by atoms with Gasteiger partial charge < -0.3 is 52.5 Å². The molecule has 0 aliphatic carbocycles. The van der Waals surface area contributed by atoms with Gasteiger partial charge in [-0.25, -0.2) is 19.2 Å². The van der Waals surface area contributed by atoms with E-state index in [0.29, 0.717) is 32.8 Å². The minimum Gasteiger partial charge on any atom is -0.466 e. The van der Waals surface area contributed by atoms with Crippen LogP contribution in [0.25, 0.3) is 0 Å². The van der Waals surface area contributed by atoms with Crippen LogP contribution in [0, 0.1) is 10.8 Å². The molecule has 0 spiro atoms. The Bertz CT molecular complexity index is 1190. The molecule has 270 valence electrons. The molecule has 4 aliphatic heterocycles. The first-order valence-electron chi connectivity index (χ1n) is 15.3. The molecule has 4 saturated heterocycles. The van der Waals surface area contributed by atoms with Crippen molar-refractivity contribution in [2.24, 2.45) is 10.8 Å². The van der Waals surface area contributed by atoms with Gasteiger partial charge in [0.05, 0.1) is 45.6 Å². The Balaban J connectivity index is 0.000000289. The topological polar surface area (TPSA) is 181 Å². The lowest BCUT2D eigenvalue weighted by Gasteiger charge is -2.40. The summed E-state index contributed by atoms with van der Waals surface area (Å²) in [7, 11) is 1.31. The van der Waals surface area contributed by atoms with Crippen molar-refractivity contribution in [3.63, 3.8) is 0 Å². The van der Waals surface area contributed by atoms with Gasteiger partial charge >= 0.3 is 24.2 Å². The van der Waals surface area contributed by atoms with Crippen molar-refractivity contribution >= 4 is 24.2 Å². The standard InChI is InChI=1S/C16H22O7.C13H20O6.C4H6O2/c1-5-12(17)19-8-16(6-2)9-20-13(21-10-16)7-15(4)11(3)22-14(18)23-15;1-4-13(6-14)7-16-10(17-8-13)5-12(3)9(2)18-11(15)19-12;1-3-4(5)6-2/h5,13H,1,3,6-10H2,2,4H3;10,14H,2,4-8H2,1,3H3;3H,1H2,2H3. The minimum absolute atomic E-state index is 0.0261. The Morgan fingerprint density at radius 2 is 1.19 bits per heavy atom. The molecule has 0 bridgehead atoms. The molecule has 0 aromatic carbocycles. The molecule has 4 rings (SSSR count). The van der Waals surface area contributed by atoms with Crippen LogP contribution in [-0.4, -0.2) is 99.9 Å². The van der Waals surface area contributed by atoms with E-state index in [9.17, 15) is 24.3 Å². The van der Waals surface area contributed by atoms with Crippen LogP contribution in [0.15, 0.2) is 50.0 Å². The van der Waals surface area contributed by atoms with Crippen LogP contribution in [0.4, 0.5) is 9.59 Å². The maximum atomic E-state index is 11.2. The van der Waals surface area contributed by atoms with Crippen molar-refractivity contribution in [2.45, 2.75) is 77.2 Å². The Morgan fingerprint density at radius 3 is 1.46 bits per heavy atom. The Hall–Kier alpha value is -3.76. The monoisotopic (exact) mass is 684 g/mol. The molecule has 0 aromatic heterocycles. The number of rotatable bonds is 11. The number of esters is 2. The fourth-order valence-electron chi connectivity index (χ4n) is 4.54. The molecule has 4 aliphatic rings. The van der Waals surface area contributed by atoms with Crippen molar-refractivity contribution in [3.8, 4) is 0 Å². The predicted octanol–water partition coefficient (Wildman–Crippen LogP) is 4.24. The molecule has 2 atom stereocenters. The number of hydrogen-bond acceptors (Lipinski definition) is 15. The molecule has 4 fully saturated rings. The number of carbonyl (C=O) groups is 4. The number of carbonyl (C=O) groups excluding carboxylic acids is 4. The molecule has 1 N–H and O–H groups in total. The van der Waals surface area contributed by atoms with Crippen LogP contribution >= 0.6 is 0 Å². The van der Waals surface area contributed by atoms with Gasteiger partial charge in [-0.15, -0.1) is 0 Å². The molecule has 2 unspecified atom stereocenters. The summed E-state index contributed by atoms with van der Waals surface area (Å²) in [5.41, 5.74) is -2.62. The van der Waals surface area contributed by atoms with Crippen LogP contribution in [0.5, 0.6) is 0 Å². The Kier molecular flexibility index (Phi) is 14.8. The average Bonchev–Trinajstić information content (AvgIpc) is 3.49. The highest BCUT2D eigenvalue weighted by molar-refractivity contribution is 5.81. The van der Waals surface area contributed by atoms with Crippen LogP contribution in [-0.2, 0) is 57.0 Å². The summed E-state index contributed by atoms with van der Waals surface area (Å²) in [5.74, 6) is -0.366. The van der Waals surface area contributed by atoms with Crippen LogP contribution in [0.2, 0.25) is 0 Å². The smallest absolute Gasteiger partial charge is 0.466 e. The molecule has 48 heavy (non-hydrogen) atoms. The lowest BCUT2D eigenvalue weighted by Crippen LogP contribution is -2.47. The van der Waals surface area contributed by atoms with Gasteiger partial charge in [-0.3, -0.25) is 0 Å². The second-order valence-corrected chi connectivity index (χ2v) is 12.1. The van der Waals surface area contributed by atoms with E-state index in [4.69, 9.17) is 42.6 Å². The number of ether oxygens (including phenoxy) is 10. The normalized spacial score (nSPS) is 32.5. The zero-order valence-corrected chi connectivity index (χ0v) is 28.4. The first-order chi connectivity index (χ1) is 22.6. The second-order valence-electron chi connectivity index (χ2n) is 12.1. The fourth-order valence-corrected chi connectivity index (χ4v) is 4.54. The van der Waals surface area contributed by atoms with E-state index in [-0.39, 0.29) is 36.6 Å². The van der Waals surface area contributed by atoms with Gasteiger partial charge in [-0.2, -0.15) is 0 Å². The highest BCUT2D eigenvalue weighted by atomic mass is 16.8. The predicted molar refractivity (Wildman–Crippen MR) is 167 cm³/mol. The van der Waals surface area contributed by atoms with Crippen LogP contribution < -0.4 is 0 Å². The summed E-state index contributed by atoms with van der Waals surface area (Å²) in [4.78, 5) is 43.3. The number of cyclic esters (lactones) is 4. The highest BCUT2D eigenvalue weighted by Gasteiger charge is 2.48. The average molecular weight is 685 g/mol. The first kappa shape index (κ1) is 40.4. The number of methoxy groups -OCH3 is 1. The number of aliphatic hydroxyl groups excluding tert-OH is 1. The summed E-state index contributed by atoms with van der Waals surface area (Å²) >= 11 is 0. The fraction of sp³-hybridized carbons (Fsp3) is 0.636. The van der Waals surface area contributed by atoms with E-state index in [0.717, 1.165) is 25.0 Å². The summed E-state index contributed by atoms with van der Waals surface area (Å²) in [6, 6.07) is 0. The van der Waals surface area contributed by atoms with E-state index in [1.807, 2.05) is 13.8 Å². The van der Waals surface area contributed by atoms with E-state index in [1.54, 1.807) is 13.8 Å². The molecular weight excluding hydrogens is 636 g/mol. The van der Waals surface area contributed by atoms with E-state index in [2.05, 4.69) is 31.1 Å². The van der Waals surface area contributed by atoms with E-state index < -0.39 is 53.4 Å². The third kappa shape index (κ3) is 10.9. The van der Waals surface area contributed by atoms with Crippen molar-refractivity contribution in [1.29, 1.82) is 0 Å². The van der Waals surface area contributed by atoms with E-state index in [1.165, 1.54) is 7.11 Å². The molecule has 0 aromatic rings. The van der Waals surface area contributed by atoms with Gasteiger partial charge in [0.25, 0.3) is 0 Å². The maximum absolute atomic E-state index is 11.2. The quantitative estimate of drug-likeness (QED) is 0.185. The van der Waals surface area contributed by atoms with Gasteiger partial charge in [0.15, 0.2) is 23.8 Å². The molecule has 0 radical (unpaired) electrons. The number of aliphatic hydroxyl groups is 1. The van der Waals surface area contributed by atoms with Gasteiger partial charge in [-0.05, 0) is 26.7 Å². The van der Waals surface area contributed by atoms with Crippen LogP contribution in [0.1, 0.15) is 53.4 Å². The highest BCUT2D eigenvalue weighted by Crippen LogP contribution is 2.38. The molecular formula is C33H48O15. The largest absolute Gasteiger partial charge is 0.514 e. The molecule has 15 nitrogen and oxygen atoms in total. The van der Waals surface area contributed by atoms with Gasteiger partial charge in [-0.1, -0.05) is 40.2 Å². The maximum Gasteiger partial charge on any atom is 0.514 e. The lowest BCUT2D eigenvalue weighted by atomic mass is 9.87. The summed E-state index contributed by atoms with van der Waals surface area (Å²) < 4.78 is 51.8. The summed E-state index contributed by atoms with van der Waals surface area (Å²) in [6.45, 7) is 23.0. The first-order valence-corrected chi connectivity index (χ1v) is 15.3. The Morgan fingerprint density at radius 1 is 0.792 bits per heavy atom. The zero-order valence-electron chi connectivity index (χ0n) is 28.4. The third-order valence-electron chi connectivity index (χ3n) is 8.51.